The molecule has 3 nitrogen and oxygen atoms in total. The first-order chi connectivity index (χ1) is 7.63. The second kappa shape index (κ2) is 4.06. The van der Waals surface area contributed by atoms with Crippen LogP contribution < -0.4 is 0 Å². The lowest BCUT2D eigenvalue weighted by Crippen LogP contribution is -1.99. The molecule has 0 bridgehead atoms. The van der Waals surface area contributed by atoms with E-state index in [9.17, 15) is 9.59 Å². The third-order valence-corrected chi connectivity index (χ3v) is 3.33. The van der Waals surface area contributed by atoms with Gasteiger partial charge in [0.2, 0.25) is 0 Å². The summed E-state index contributed by atoms with van der Waals surface area (Å²) in [6.45, 7) is 1.52. The highest BCUT2D eigenvalue weighted by molar-refractivity contribution is 7.17. The van der Waals surface area contributed by atoms with E-state index >= 15 is 0 Å². The molecule has 0 spiro atoms. The lowest BCUT2D eigenvalue weighted by atomic mass is 10.1. The first-order valence-electron chi connectivity index (χ1n) is 4.74. The molecule has 82 valence electrons. The fraction of sp³-hybridized carbons (Fsp3) is 0.167. The maximum atomic E-state index is 11.4. The summed E-state index contributed by atoms with van der Waals surface area (Å²) in [6.07, 6.45) is 0. The Hall–Kier alpha value is -1.68. The number of hydrogen-bond acceptors (Lipinski definition) is 4. The molecule has 1 aromatic heterocycles. The van der Waals surface area contributed by atoms with Crippen LogP contribution in [0.3, 0.4) is 0 Å². The summed E-state index contributed by atoms with van der Waals surface area (Å²) in [7, 11) is 1.36. The number of rotatable bonds is 2. The predicted molar refractivity (Wildman–Crippen MR) is 63.2 cm³/mol. The van der Waals surface area contributed by atoms with E-state index in [1.807, 2.05) is 0 Å². The van der Waals surface area contributed by atoms with E-state index in [0.717, 1.165) is 10.1 Å². The zero-order chi connectivity index (χ0) is 11.7. The van der Waals surface area contributed by atoms with Crippen molar-refractivity contribution in [2.75, 3.05) is 7.11 Å². The van der Waals surface area contributed by atoms with Crippen molar-refractivity contribution in [2.45, 2.75) is 6.92 Å². The zero-order valence-electron chi connectivity index (χ0n) is 8.94. The third-order valence-electron chi connectivity index (χ3n) is 2.39. The summed E-state index contributed by atoms with van der Waals surface area (Å²) in [6, 6.07) is 5.31. The Kier molecular flexibility index (Phi) is 2.75. The van der Waals surface area contributed by atoms with Gasteiger partial charge in [-0.15, -0.1) is 11.3 Å². The fourth-order valence-corrected chi connectivity index (χ4v) is 2.48. The van der Waals surface area contributed by atoms with Crippen molar-refractivity contribution in [1.29, 1.82) is 0 Å². The molecule has 2 rings (SSSR count). The van der Waals surface area contributed by atoms with Crippen LogP contribution in [0.2, 0.25) is 0 Å². The molecule has 0 saturated heterocycles. The number of methoxy groups -OCH3 is 1. The quantitative estimate of drug-likeness (QED) is 0.592. The molecular weight excluding hydrogens is 224 g/mol. The number of hydrogen-bond donors (Lipinski definition) is 0. The van der Waals surface area contributed by atoms with Crippen LogP contribution in [0.5, 0.6) is 0 Å². The monoisotopic (exact) mass is 234 g/mol. The first-order valence-corrected chi connectivity index (χ1v) is 5.62. The molecule has 0 fully saturated rings. The molecule has 0 radical (unpaired) electrons. The molecule has 16 heavy (non-hydrogen) atoms. The summed E-state index contributed by atoms with van der Waals surface area (Å²) in [5, 5.41) is 2.59. The average Bonchev–Trinajstić information content (AvgIpc) is 2.70. The smallest absolute Gasteiger partial charge is 0.339 e. The fourth-order valence-electron chi connectivity index (χ4n) is 1.52. The number of fused-ring (bicyclic) bond motifs is 1. The van der Waals surface area contributed by atoms with E-state index < -0.39 is 0 Å². The molecule has 4 heteroatoms. The molecule has 2 aromatic rings. The highest BCUT2D eigenvalue weighted by Crippen LogP contribution is 2.27. The van der Waals surface area contributed by atoms with Crippen LogP contribution in [0.1, 0.15) is 27.6 Å². The summed E-state index contributed by atoms with van der Waals surface area (Å²) in [4.78, 5) is 22.6. The van der Waals surface area contributed by atoms with Gasteiger partial charge in [-0.05, 0) is 13.0 Å². The summed E-state index contributed by atoms with van der Waals surface area (Å²) in [5.74, 6) is -0.322. The normalized spacial score (nSPS) is 10.4. The molecule has 0 aliphatic rings. The van der Waals surface area contributed by atoms with Crippen LogP contribution in [-0.4, -0.2) is 18.9 Å². The molecule has 0 amide bonds. The molecule has 1 heterocycles. The van der Waals surface area contributed by atoms with E-state index in [0.29, 0.717) is 11.1 Å². The Morgan fingerprint density at radius 2 is 2.06 bits per heavy atom. The van der Waals surface area contributed by atoms with Gasteiger partial charge in [-0.25, -0.2) is 4.79 Å². The molecule has 0 saturated carbocycles. The van der Waals surface area contributed by atoms with Crippen molar-refractivity contribution in [1.82, 2.24) is 0 Å². The van der Waals surface area contributed by atoms with Crippen LogP contribution in [0.25, 0.3) is 10.1 Å². The summed E-state index contributed by atoms with van der Waals surface area (Å²) >= 11 is 1.44. The highest BCUT2D eigenvalue weighted by atomic mass is 32.1. The Morgan fingerprint density at radius 1 is 1.31 bits per heavy atom. The molecule has 0 unspecified atom stereocenters. The number of ketones is 1. The predicted octanol–water partition coefficient (Wildman–Crippen LogP) is 2.89. The Labute approximate surface area is 96.6 Å². The summed E-state index contributed by atoms with van der Waals surface area (Å²) in [5.41, 5.74) is 1.21. The van der Waals surface area contributed by atoms with Crippen LogP contribution in [0.15, 0.2) is 23.6 Å². The number of thiophene rings is 1. The lowest BCUT2D eigenvalue weighted by Gasteiger charge is -1.98. The third kappa shape index (κ3) is 1.72. The van der Waals surface area contributed by atoms with Gasteiger partial charge in [0.15, 0.2) is 5.78 Å². The standard InChI is InChI=1S/C12H10O3S/c1-7(13)8-3-4-9-10(12(14)15-2)6-16-11(9)5-8/h3-6H,1-2H3. The number of carbonyl (C=O) groups is 2. The average molecular weight is 234 g/mol. The van der Waals surface area contributed by atoms with E-state index in [2.05, 4.69) is 4.74 Å². The van der Waals surface area contributed by atoms with Gasteiger partial charge < -0.3 is 4.74 Å². The van der Waals surface area contributed by atoms with Crippen molar-refractivity contribution in [3.05, 3.63) is 34.7 Å². The molecule has 0 atom stereocenters. The van der Waals surface area contributed by atoms with Crippen LogP contribution in [0.4, 0.5) is 0 Å². The number of esters is 1. The number of carbonyl (C=O) groups excluding carboxylic acids is 2. The second-order valence-electron chi connectivity index (χ2n) is 3.41. The van der Waals surface area contributed by atoms with Gasteiger partial charge >= 0.3 is 5.97 Å². The van der Waals surface area contributed by atoms with Crippen molar-refractivity contribution >= 4 is 33.2 Å². The van der Waals surface area contributed by atoms with Gasteiger partial charge in [0.1, 0.15) is 0 Å². The van der Waals surface area contributed by atoms with Gasteiger partial charge in [-0.2, -0.15) is 0 Å². The van der Waals surface area contributed by atoms with Gasteiger partial charge in [-0.1, -0.05) is 12.1 Å². The Morgan fingerprint density at radius 3 is 2.69 bits per heavy atom. The minimum atomic E-state index is -0.346. The van der Waals surface area contributed by atoms with E-state index in [4.69, 9.17) is 0 Å². The molecular formula is C12H10O3S. The number of ether oxygens (including phenoxy) is 1. The van der Waals surface area contributed by atoms with Crippen molar-refractivity contribution < 1.29 is 14.3 Å². The largest absolute Gasteiger partial charge is 0.465 e. The maximum Gasteiger partial charge on any atom is 0.339 e. The van der Waals surface area contributed by atoms with Gasteiger partial charge in [0, 0.05) is 21.0 Å². The maximum absolute atomic E-state index is 11.4. The topological polar surface area (TPSA) is 43.4 Å². The van der Waals surface area contributed by atoms with Gasteiger partial charge in [-0.3, -0.25) is 4.79 Å². The summed E-state index contributed by atoms with van der Waals surface area (Å²) < 4.78 is 5.61. The van der Waals surface area contributed by atoms with E-state index in [1.54, 1.807) is 23.6 Å². The zero-order valence-corrected chi connectivity index (χ0v) is 9.76. The van der Waals surface area contributed by atoms with Crippen LogP contribution in [-0.2, 0) is 4.74 Å². The number of benzene rings is 1. The van der Waals surface area contributed by atoms with Crippen molar-refractivity contribution in [3.63, 3.8) is 0 Å². The van der Waals surface area contributed by atoms with Crippen LogP contribution in [0, 0.1) is 0 Å². The van der Waals surface area contributed by atoms with Crippen molar-refractivity contribution in [3.8, 4) is 0 Å². The molecule has 1 aromatic carbocycles. The lowest BCUT2D eigenvalue weighted by molar-refractivity contribution is 0.0603. The minimum Gasteiger partial charge on any atom is -0.465 e. The second-order valence-corrected chi connectivity index (χ2v) is 4.32. The minimum absolute atomic E-state index is 0.0231. The first kappa shape index (κ1) is 10.8. The molecule has 0 N–H and O–H groups in total. The van der Waals surface area contributed by atoms with Gasteiger partial charge in [0.25, 0.3) is 0 Å². The Bertz CT molecular complexity index is 569. The highest BCUT2D eigenvalue weighted by Gasteiger charge is 2.13. The van der Waals surface area contributed by atoms with E-state index in [1.165, 1.54) is 25.4 Å². The Balaban J connectivity index is 2.59. The van der Waals surface area contributed by atoms with Crippen molar-refractivity contribution in [2.24, 2.45) is 0 Å². The SMILES string of the molecule is COC(=O)c1csc2cc(C(C)=O)ccc12. The van der Waals surface area contributed by atoms with Crippen LogP contribution >= 0.6 is 11.3 Å². The molecule has 0 aliphatic heterocycles. The number of Topliss-reactive ketones (excluding diaryl/α,β-unsaturated/α-hetero) is 1. The van der Waals surface area contributed by atoms with Gasteiger partial charge in [0.05, 0.1) is 12.7 Å². The molecule has 0 aliphatic carbocycles. The van der Waals surface area contributed by atoms with E-state index in [-0.39, 0.29) is 11.8 Å².